The standard InChI is InChI=1S/C21H23N5O2/c1-24-15-21(28-20(24)27)7-11-25(12-8-21)14-16-3-5-17(6-4-16)18-13-23-26-10-2-9-22-19(18)26/h2-6,9-10,13H,7-8,11-12,14-15H2,1H3. The second-order valence-corrected chi connectivity index (χ2v) is 7.83. The summed E-state index contributed by atoms with van der Waals surface area (Å²) < 4.78 is 7.43. The van der Waals surface area contributed by atoms with Crippen LogP contribution in [-0.4, -0.2) is 62.8 Å². The lowest BCUT2D eigenvalue weighted by atomic mass is 9.91. The minimum atomic E-state index is -0.275. The molecule has 0 atom stereocenters. The summed E-state index contributed by atoms with van der Waals surface area (Å²) in [6, 6.07) is 10.5. The lowest BCUT2D eigenvalue weighted by Gasteiger charge is -2.37. The van der Waals surface area contributed by atoms with Gasteiger partial charge in [0.25, 0.3) is 0 Å². The molecule has 144 valence electrons. The summed E-state index contributed by atoms with van der Waals surface area (Å²) >= 11 is 0. The van der Waals surface area contributed by atoms with Gasteiger partial charge in [0.15, 0.2) is 5.65 Å². The van der Waals surface area contributed by atoms with E-state index in [9.17, 15) is 4.79 Å². The molecular weight excluding hydrogens is 354 g/mol. The Morgan fingerprint density at radius 3 is 2.68 bits per heavy atom. The highest BCUT2D eigenvalue weighted by atomic mass is 16.6. The number of likely N-dealkylation sites (tertiary alicyclic amines) is 1. The number of rotatable bonds is 3. The molecule has 2 aromatic heterocycles. The van der Waals surface area contributed by atoms with Gasteiger partial charge in [-0.2, -0.15) is 5.10 Å². The first kappa shape index (κ1) is 17.2. The van der Waals surface area contributed by atoms with E-state index < -0.39 is 0 Å². The Morgan fingerprint density at radius 2 is 1.96 bits per heavy atom. The number of carbonyl (C=O) groups is 1. The lowest BCUT2D eigenvalue weighted by molar-refractivity contribution is -0.00119. The first-order valence-corrected chi connectivity index (χ1v) is 9.66. The molecule has 1 amide bonds. The number of amides is 1. The molecule has 1 aromatic carbocycles. The zero-order valence-electron chi connectivity index (χ0n) is 15.9. The predicted octanol–water partition coefficient (Wildman–Crippen LogP) is 2.81. The van der Waals surface area contributed by atoms with E-state index in [0.717, 1.165) is 49.2 Å². The fraction of sp³-hybridized carbons (Fsp3) is 0.381. The molecule has 7 nitrogen and oxygen atoms in total. The van der Waals surface area contributed by atoms with Crippen molar-refractivity contribution in [3.05, 3.63) is 54.5 Å². The van der Waals surface area contributed by atoms with Gasteiger partial charge >= 0.3 is 6.09 Å². The molecule has 7 heteroatoms. The molecule has 0 N–H and O–H groups in total. The van der Waals surface area contributed by atoms with Crippen LogP contribution in [0.5, 0.6) is 0 Å². The SMILES string of the molecule is CN1CC2(CCN(Cc3ccc(-c4cnn5cccnc45)cc3)CC2)OC1=O. The van der Waals surface area contributed by atoms with Crippen LogP contribution >= 0.6 is 0 Å². The van der Waals surface area contributed by atoms with Crippen LogP contribution in [0.2, 0.25) is 0 Å². The minimum absolute atomic E-state index is 0.189. The quantitative estimate of drug-likeness (QED) is 0.702. The summed E-state index contributed by atoms with van der Waals surface area (Å²) in [4.78, 5) is 20.3. The van der Waals surface area contributed by atoms with Gasteiger partial charge in [0, 0.05) is 57.5 Å². The van der Waals surface area contributed by atoms with E-state index in [2.05, 4.69) is 39.2 Å². The second kappa shape index (κ2) is 6.60. The van der Waals surface area contributed by atoms with Crippen LogP contribution in [0.25, 0.3) is 16.8 Å². The van der Waals surface area contributed by atoms with Crippen LogP contribution in [0.4, 0.5) is 4.79 Å². The minimum Gasteiger partial charge on any atom is -0.441 e. The Morgan fingerprint density at radius 1 is 1.18 bits per heavy atom. The number of likely N-dealkylation sites (N-methyl/N-ethyl adjacent to an activating group) is 1. The number of aromatic nitrogens is 3. The molecule has 0 aliphatic carbocycles. The second-order valence-electron chi connectivity index (χ2n) is 7.83. The molecule has 0 saturated carbocycles. The van der Waals surface area contributed by atoms with Crippen LogP contribution < -0.4 is 0 Å². The van der Waals surface area contributed by atoms with Gasteiger partial charge in [0.2, 0.25) is 0 Å². The fourth-order valence-corrected chi connectivity index (χ4v) is 4.25. The Hall–Kier alpha value is -2.93. The normalized spacial score (nSPS) is 19.5. The molecule has 2 aliphatic rings. The summed E-state index contributed by atoms with van der Waals surface area (Å²) in [7, 11) is 1.81. The van der Waals surface area contributed by atoms with Gasteiger partial charge in [-0.05, 0) is 17.2 Å². The largest absolute Gasteiger partial charge is 0.441 e. The average Bonchev–Trinajstić information content (AvgIpc) is 3.26. The zero-order valence-corrected chi connectivity index (χ0v) is 15.9. The molecule has 28 heavy (non-hydrogen) atoms. The highest BCUT2D eigenvalue weighted by Crippen LogP contribution is 2.33. The zero-order chi connectivity index (χ0) is 19.1. The molecule has 5 rings (SSSR count). The molecule has 4 heterocycles. The Kier molecular flexibility index (Phi) is 4.05. The summed E-state index contributed by atoms with van der Waals surface area (Å²) in [5.74, 6) is 0. The molecule has 0 bridgehead atoms. The first-order valence-electron chi connectivity index (χ1n) is 9.66. The maximum Gasteiger partial charge on any atom is 0.410 e. The summed E-state index contributed by atoms with van der Waals surface area (Å²) in [6.45, 7) is 3.51. The maximum atomic E-state index is 11.7. The van der Waals surface area contributed by atoms with E-state index >= 15 is 0 Å². The van der Waals surface area contributed by atoms with Crippen LogP contribution in [0, 0.1) is 0 Å². The van der Waals surface area contributed by atoms with Gasteiger partial charge in [0.05, 0.1) is 12.7 Å². The number of ether oxygens (including phenoxy) is 1. The monoisotopic (exact) mass is 377 g/mol. The Balaban J connectivity index is 1.24. The number of hydrogen-bond acceptors (Lipinski definition) is 5. The van der Waals surface area contributed by atoms with E-state index in [1.54, 1.807) is 15.6 Å². The third-order valence-electron chi connectivity index (χ3n) is 5.86. The Labute approximate surface area is 163 Å². The van der Waals surface area contributed by atoms with E-state index in [0.29, 0.717) is 6.54 Å². The third kappa shape index (κ3) is 3.01. The van der Waals surface area contributed by atoms with Crippen molar-refractivity contribution < 1.29 is 9.53 Å². The number of nitrogens with zero attached hydrogens (tertiary/aromatic N) is 5. The van der Waals surface area contributed by atoms with Crippen LogP contribution in [0.3, 0.4) is 0 Å². The van der Waals surface area contributed by atoms with E-state index in [1.807, 2.05) is 25.5 Å². The molecule has 1 spiro atoms. The number of fused-ring (bicyclic) bond motifs is 1. The van der Waals surface area contributed by atoms with Crippen LogP contribution in [0.15, 0.2) is 48.9 Å². The van der Waals surface area contributed by atoms with Crippen molar-refractivity contribution in [3.8, 4) is 11.1 Å². The maximum absolute atomic E-state index is 11.7. The number of piperidine rings is 1. The van der Waals surface area contributed by atoms with Gasteiger partial charge in [-0.15, -0.1) is 0 Å². The first-order chi connectivity index (χ1) is 13.6. The molecule has 0 unspecified atom stereocenters. The van der Waals surface area contributed by atoms with E-state index in [-0.39, 0.29) is 11.7 Å². The highest BCUT2D eigenvalue weighted by molar-refractivity contribution is 5.76. The van der Waals surface area contributed by atoms with Gasteiger partial charge < -0.3 is 9.64 Å². The van der Waals surface area contributed by atoms with Gasteiger partial charge in [-0.25, -0.2) is 14.3 Å². The van der Waals surface area contributed by atoms with Crippen molar-refractivity contribution in [1.29, 1.82) is 0 Å². The van der Waals surface area contributed by atoms with Crippen LogP contribution in [-0.2, 0) is 11.3 Å². The van der Waals surface area contributed by atoms with Gasteiger partial charge in [-0.3, -0.25) is 4.90 Å². The summed E-state index contributed by atoms with van der Waals surface area (Å²) in [6.07, 6.45) is 7.16. The number of carbonyl (C=O) groups excluding carboxylic acids is 1. The Bertz CT molecular complexity index is 1010. The highest BCUT2D eigenvalue weighted by Gasteiger charge is 2.45. The van der Waals surface area contributed by atoms with Gasteiger partial charge in [0.1, 0.15) is 5.60 Å². The summed E-state index contributed by atoms with van der Waals surface area (Å²) in [5, 5.41) is 4.36. The number of hydrogen-bond donors (Lipinski definition) is 0. The average molecular weight is 377 g/mol. The number of benzene rings is 1. The molecule has 2 saturated heterocycles. The fourth-order valence-electron chi connectivity index (χ4n) is 4.25. The molecular formula is C21H23N5O2. The smallest absolute Gasteiger partial charge is 0.410 e. The predicted molar refractivity (Wildman–Crippen MR) is 105 cm³/mol. The molecule has 2 fully saturated rings. The topological polar surface area (TPSA) is 63.0 Å². The van der Waals surface area contributed by atoms with Crippen molar-refractivity contribution in [3.63, 3.8) is 0 Å². The lowest BCUT2D eigenvalue weighted by Crippen LogP contribution is -2.46. The van der Waals surface area contributed by atoms with E-state index in [4.69, 9.17) is 4.74 Å². The van der Waals surface area contributed by atoms with Gasteiger partial charge in [-0.1, -0.05) is 24.3 Å². The molecule has 3 aromatic rings. The van der Waals surface area contributed by atoms with Crippen molar-refractivity contribution in [1.82, 2.24) is 24.4 Å². The molecule has 2 aliphatic heterocycles. The van der Waals surface area contributed by atoms with Crippen molar-refractivity contribution in [2.75, 3.05) is 26.7 Å². The van der Waals surface area contributed by atoms with E-state index in [1.165, 1.54) is 5.56 Å². The van der Waals surface area contributed by atoms with Crippen molar-refractivity contribution in [2.45, 2.75) is 25.0 Å². The third-order valence-corrected chi connectivity index (χ3v) is 5.86. The van der Waals surface area contributed by atoms with Crippen LogP contribution in [0.1, 0.15) is 18.4 Å². The van der Waals surface area contributed by atoms with Crippen molar-refractivity contribution in [2.24, 2.45) is 0 Å². The van der Waals surface area contributed by atoms with Crippen molar-refractivity contribution >= 4 is 11.7 Å². The molecule has 0 radical (unpaired) electrons. The summed E-state index contributed by atoms with van der Waals surface area (Å²) in [5.41, 5.74) is 4.04.